The van der Waals surface area contributed by atoms with Crippen molar-refractivity contribution in [1.29, 1.82) is 0 Å². The average molecular weight is 526 g/mol. The summed E-state index contributed by atoms with van der Waals surface area (Å²) >= 11 is 1.40. The third kappa shape index (κ3) is 4.90. The van der Waals surface area contributed by atoms with Crippen LogP contribution in [0.1, 0.15) is 19.4 Å². The van der Waals surface area contributed by atoms with Gasteiger partial charge in [0.25, 0.3) is 5.56 Å². The molecule has 0 radical (unpaired) electrons. The van der Waals surface area contributed by atoms with Gasteiger partial charge in [-0.3, -0.25) is 23.2 Å². The fourth-order valence-electron chi connectivity index (χ4n) is 3.46. The molecule has 0 saturated carbocycles. The highest BCUT2D eigenvalue weighted by molar-refractivity contribution is 8.24. The molecule has 1 aliphatic heterocycles. The van der Waals surface area contributed by atoms with Gasteiger partial charge in [-0.05, 0) is 35.6 Å². The number of aromatic nitrogens is 2. The van der Waals surface area contributed by atoms with E-state index in [4.69, 9.17) is 0 Å². The Morgan fingerprint density at radius 2 is 2.03 bits per heavy atom. The second kappa shape index (κ2) is 8.84. The van der Waals surface area contributed by atoms with Crippen molar-refractivity contribution < 1.29 is 23.7 Å². The van der Waals surface area contributed by atoms with E-state index < -0.39 is 29.6 Å². The van der Waals surface area contributed by atoms with Crippen LogP contribution in [0.5, 0.6) is 5.75 Å². The Balaban J connectivity index is 1.87. The van der Waals surface area contributed by atoms with Crippen molar-refractivity contribution in [3.63, 3.8) is 0 Å². The van der Waals surface area contributed by atoms with Crippen LogP contribution < -0.4 is 20.9 Å². The van der Waals surface area contributed by atoms with Gasteiger partial charge < -0.3 is 15.3 Å². The van der Waals surface area contributed by atoms with Crippen LogP contribution >= 0.6 is 29.6 Å². The lowest BCUT2D eigenvalue weighted by molar-refractivity contribution is 0.437. The molecule has 3 heterocycles. The predicted molar refractivity (Wildman–Crippen MR) is 137 cm³/mol. The summed E-state index contributed by atoms with van der Waals surface area (Å²) in [6.07, 6.45) is 1.18. The monoisotopic (exact) mass is 525 g/mol. The molecular formula is C20H24N5O6PS2. The number of amidine groups is 1. The normalized spacial score (nSPS) is 18.3. The van der Waals surface area contributed by atoms with Crippen molar-refractivity contribution in [3.05, 3.63) is 50.9 Å². The molecule has 1 unspecified atom stereocenters. The first-order chi connectivity index (χ1) is 15.9. The minimum absolute atomic E-state index is 0.0700. The van der Waals surface area contributed by atoms with Gasteiger partial charge in [-0.15, -0.1) is 10.8 Å². The quantitative estimate of drug-likeness (QED) is 0.263. The third-order valence-electron chi connectivity index (χ3n) is 4.81. The number of nitrogens with one attached hydrogen (secondary N) is 2. The third-order valence-corrected chi connectivity index (χ3v) is 7.59. The van der Waals surface area contributed by atoms with Crippen LogP contribution in [0.15, 0.2) is 44.6 Å². The van der Waals surface area contributed by atoms with Crippen LogP contribution in [0, 0.1) is 5.92 Å². The van der Waals surface area contributed by atoms with Crippen molar-refractivity contribution in [2.45, 2.75) is 20.4 Å². The van der Waals surface area contributed by atoms with Crippen LogP contribution in [0.2, 0.25) is 0 Å². The van der Waals surface area contributed by atoms with Crippen LogP contribution in [-0.2, 0) is 11.1 Å². The van der Waals surface area contributed by atoms with Crippen molar-refractivity contribution in [2.24, 2.45) is 10.7 Å². The van der Waals surface area contributed by atoms with Crippen molar-refractivity contribution in [1.82, 2.24) is 9.78 Å². The Hall–Kier alpha value is -2.67. The summed E-state index contributed by atoms with van der Waals surface area (Å²) in [5.41, 5.74) is 0.241. The Morgan fingerprint density at radius 1 is 1.29 bits per heavy atom. The molecule has 11 nitrogen and oxygen atoms in total. The SMILES string of the molecule is CC(C)Cn1nc(-c2ccsc2)c(O)c(C2=NP(=O)(O)c3cc(NS(C)(O)O)ccc3N2)c1=O. The molecule has 34 heavy (non-hydrogen) atoms. The molecule has 0 saturated heterocycles. The minimum Gasteiger partial charge on any atom is -0.505 e. The Kier molecular flexibility index (Phi) is 6.36. The minimum atomic E-state index is -4.39. The lowest BCUT2D eigenvalue weighted by Gasteiger charge is -2.30. The van der Waals surface area contributed by atoms with Gasteiger partial charge in [0.15, 0.2) is 11.6 Å². The van der Waals surface area contributed by atoms with Gasteiger partial charge in [-0.25, -0.2) is 4.68 Å². The van der Waals surface area contributed by atoms with Crippen LogP contribution in [0.3, 0.4) is 0 Å². The van der Waals surface area contributed by atoms with Crippen LogP contribution in [-0.4, -0.2) is 41.0 Å². The fourth-order valence-corrected chi connectivity index (χ4v) is 5.95. The van der Waals surface area contributed by atoms with E-state index in [1.165, 1.54) is 40.5 Å². The summed E-state index contributed by atoms with van der Waals surface area (Å²) in [5.74, 6) is -0.630. The van der Waals surface area contributed by atoms with Gasteiger partial charge in [0.2, 0.25) is 0 Å². The van der Waals surface area contributed by atoms with Crippen molar-refractivity contribution in [2.75, 3.05) is 16.3 Å². The zero-order chi connectivity index (χ0) is 24.8. The maximum absolute atomic E-state index is 13.3. The van der Waals surface area contributed by atoms with Crippen LogP contribution in [0.25, 0.3) is 11.3 Å². The van der Waals surface area contributed by atoms with Gasteiger partial charge in [0.1, 0.15) is 11.3 Å². The molecule has 2 aromatic heterocycles. The zero-order valence-electron chi connectivity index (χ0n) is 18.5. The molecular weight excluding hydrogens is 501 g/mol. The Morgan fingerprint density at radius 3 is 2.65 bits per heavy atom. The number of hydrogen-bond donors (Lipinski definition) is 6. The molecule has 14 heteroatoms. The van der Waals surface area contributed by atoms with E-state index in [-0.39, 0.29) is 46.2 Å². The molecule has 182 valence electrons. The molecule has 3 aromatic rings. The highest BCUT2D eigenvalue weighted by Crippen LogP contribution is 2.48. The first-order valence-corrected chi connectivity index (χ1v) is 14.6. The second-order valence-electron chi connectivity index (χ2n) is 8.25. The number of rotatable bonds is 6. The van der Waals surface area contributed by atoms with Gasteiger partial charge >= 0.3 is 7.52 Å². The fraction of sp³-hybridized carbons (Fsp3) is 0.250. The lowest BCUT2D eigenvalue weighted by Crippen LogP contribution is -2.35. The number of thiophene rings is 1. The summed E-state index contributed by atoms with van der Waals surface area (Å²) in [5, 5.41) is 21.7. The van der Waals surface area contributed by atoms with E-state index in [1.54, 1.807) is 16.8 Å². The second-order valence-corrected chi connectivity index (χ2v) is 12.7. The highest BCUT2D eigenvalue weighted by Gasteiger charge is 2.34. The highest BCUT2D eigenvalue weighted by atomic mass is 32.3. The number of nitrogens with zero attached hydrogens (tertiary/aromatic N) is 3. The largest absolute Gasteiger partial charge is 0.505 e. The first kappa shape index (κ1) is 24.5. The Bertz CT molecular complexity index is 1380. The lowest BCUT2D eigenvalue weighted by atomic mass is 10.1. The van der Waals surface area contributed by atoms with E-state index in [0.29, 0.717) is 5.56 Å². The molecule has 1 aromatic carbocycles. The van der Waals surface area contributed by atoms with Gasteiger partial charge in [-0.2, -0.15) is 21.2 Å². The molecule has 0 amide bonds. The summed E-state index contributed by atoms with van der Waals surface area (Å²) in [7, 11) is -7.50. The standard InChI is InChI=1S/C20H24N5O6PS2/c1-11(2)9-25-20(27)16(18(26)17(22-25)12-6-7-33-10-12)19-21-14-5-4-13(24-34(3,30)31)8-15(14)32(28,29)23-19/h4-8,10-11,24,26,30-31H,9H2,1-3H3,(H2,21,23,28,29). The number of benzene rings is 1. The number of aromatic hydroxyl groups is 1. The van der Waals surface area contributed by atoms with E-state index in [9.17, 15) is 28.5 Å². The van der Waals surface area contributed by atoms with Gasteiger partial charge in [0, 0.05) is 23.7 Å². The van der Waals surface area contributed by atoms with E-state index in [2.05, 4.69) is 19.9 Å². The number of fused-ring (bicyclic) bond motifs is 1. The van der Waals surface area contributed by atoms with E-state index >= 15 is 0 Å². The summed E-state index contributed by atoms with van der Waals surface area (Å²) in [6, 6.07) is 5.95. The summed E-state index contributed by atoms with van der Waals surface area (Å²) in [6.45, 7) is 4.09. The molecule has 1 aliphatic rings. The van der Waals surface area contributed by atoms with Crippen molar-refractivity contribution >= 4 is 52.1 Å². The molecule has 0 bridgehead atoms. The maximum Gasteiger partial charge on any atom is 0.346 e. The molecule has 4 rings (SSSR count). The zero-order valence-corrected chi connectivity index (χ0v) is 21.0. The summed E-state index contributed by atoms with van der Waals surface area (Å²) < 4.78 is 40.0. The first-order valence-electron chi connectivity index (χ1n) is 10.1. The van der Waals surface area contributed by atoms with E-state index in [0.717, 1.165) is 0 Å². The topological polar surface area (TPSA) is 169 Å². The molecule has 0 spiro atoms. The molecule has 0 fully saturated rings. The summed E-state index contributed by atoms with van der Waals surface area (Å²) in [4.78, 5) is 24.0. The number of anilines is 2. The maximum atomic E-state index is 13.3. The van der Waals surface area contributed by atoms with Gasteiger partial charge in [0.05, 0.1) is 16.7 Å². The average Bonchev–Trinajstić information content (AvgIpc) is 3.23. The van der Waals surface area contributed by atoms with E-state index in [1.807, 2.05) is 13.8 Å². The number of hydrogen-bond acceptors (Lipinski definition) is 9. The molecule has 1 atom stereocenters. The smallest absolute Gasteiger partial charge is 0.346 e. The molecule has 6 N–H and O–H groups in total. The van der Waals surface area contributed by atoms with Gasteiger partial charge in [-0.1, -0.05) is 13.8 Å². The predicted octanol–water partition coefficient (Wildman–Crippen LogP) is 3.72. The van der Waals surface area contributed by atoms with Crippen LogP contribution in [0.4, 0.5) is 11.4 Å². The molecule has 0 aliphatic carbocycles. The van der Waals surface area contributed by atoms with Crippen molar-refractivity contribution in [3.8, 4) is 17.0 Å². The Labute approximate surface area is 200 Å².